The minimum atomic E-state index is -1.37. The van der Waals surface area contributed by atoms with Crippen LogP contribution in [0.25, 0.3) is 0 Å². The average molecular weight is 162 g/mol. The third-order valence-electron chi connectivity index (χ3n) is 0.964. The van der Waals surface area contributed by atoms with E-state index in [4.69, 9.17) is 0 Å². The molecule has 0 saturated heterocycles. The molecule has 0 saturated carbocycles. The Morgan fingerprint density at radius 3 is 2.00 bits per heavy atom. The molecule has 9 heavy (non-hydrogen) atoms. The smallest absolute Gasteiger partial charge is 0.207 e. The van der Waals surface area contributed by atoms with E-state index < -0.39 is 11.8 Å². The van der Waals surface area contributed by atoms with E-state index in [0.29, 0.717) is 0 Å². The van der Waals surface area contributed by atoms with Crippen LogP contribution in [0.1, 0.15) is 6.42 Å². The molecule has 1 aliphatic rings. The van der Waals surface area contributed by atoms with Crippen molar-refractivity contribution in [3.63, 3.8) is 0 Å². The SMILES string of the molecule is FC1=C(F)N(F)CC1.[K]. The maximum absolute atomic E-state index is 11.8. The summed E-state index contributed by atoms with van der Waals surface area (Å²) in [7, 11) is 0. The Morgan fingerprint density at radius 2 is 1.89 bits per heavy atom. The molecule has 0 unspecified atom stereocenters. The van der Waals surface area contributed by atoms with Gasteiger partial charge in [0, 0.05) is 57.8 Å². The van der Waals surface area contributed by atoms with Gasteiger partial charge >= 0.3 is 0 Å². The van der Waals surface area contributed by atoms with Crippen LogP contribution in [0.3, 0.4) is 0 Å². The van der Waals surface area contributed by atoms with Crippen LogP contribution >= 0.6 is 0 Å². The topological polar surface area (TPSA) is 3.24 Å². The van der Waals surface area contributed by atoms with Crippen LogP contribution in [0.4, 0.5) is 13.3 Å². The van der Waals surface area contributed by atoms with Crippen LogP contribution in [0.15, 0.2) is 11.8 Å². The minimum absolute atomic E-state index is 0. The first-order chi connectivity index (χ1) is 3.72. The molecule has 0 atom stereocenters. The molecule has 0 aromatic rings. The van der Waals surface area contributed by atoms with Crippen molar-refractivity contribution in [2.24, 2.45) is 0 Å². The van der Waals surface area contributed by atoms with E-state index in [-0.39, 0.29) is 69.5 Å². The molecule has 0 bridgehead atoms. The second kappa shape index (κ2) is 3.97. The number of hydrogen-bond donors (Lipinski definition) is 0. The molecule has 0 aromatic carbocycles. The van der Waals surface area contributed by atoms with Gasteiger partial charge in [-0.25, -0.2) is 4.39 Å². The minimum Gasteiger partial charge on any atom is -0.207 e. The van der Waals surface area contributed by atoms with Gasteiger partial charge in [0.1, 0.15) is 0 Å². The van der Waals surface area contributed by atoms with Crippen molar-refractivity contribution in [1.82, 2.24) is 5.12 Å². The summed E-state index contributed by atoms with van der Waals surface area (Å²) < 4.78 is 35.3. The van der Waals surface area contributed by atoms with Crippen molar-refractivity contribution in [1.29, 1.82) is 0 Å². The summed E-state index contributed by atoms with van der Waals surface area (Å²) in [4.78, 5) is 0. The van der Waals surface area contributed by atoms with Gasteiger partial charge in [-0.1, -0.05) is 4.48 Å². The molecule has 0 amide bonds. The molecule has 1 heterocycles. The maximum Gasteiger partial charge on any atom is 0.249 e. The Labute approximate surface area is 93.3 Å². The Balaban J connectivity index is 0.000000640. The Kier molecular flexibility index (Phi) is 4.40. The van der Waals surface area contributed by atoms with E-state index >= 15 is 0 Å². The van der Waals surface area contributed by atoms with Crippen molar-refractivity contribution in [2.45, 2.75) is 6.42 Å². The Hall–Kier alpha value is 0.966. The zero-order chi connectivity index (χ0) is 6.15. The van der Waals surface area contributed by atoms with Gasteiger partial charge < -0.3 is 0 Å². The summed E-state index contributed by atoms with van der Waals surface area (Å²) in [6, 6.07) is 0. The zero-order valence-electron chi connectivity index (χ0n) is 5.00. The normalized spacial score (nSPS) is 18.3. The molecular weight excluding hydrogens is 158 g/mol. The Morgan fingerprint density at radius 1 is 1.33 bits per heavy atom. The molecule has 0 fully saturated rings. The van der Waals surface area contributed by atoms with E-state index in [1.807, 2.05) is 0 Å². The number of hydrogen-bond acceptors (Lipinski definition) is 1. The molecule has 1 nitrogen and oxygen atoms in total. The fourth-order valence-corrected chi connectivity index (χ4v) is 0.529. The molecule has 5 heteroatoms. The first-order valence-electron chi connectivity index (χ1n) is 2.19. The van der Waals surface area contributed by atoms with Crippen molar-refractivity contribution >= 4 is 51.4 Å². The third kappa shape index (κ3) is 2.23. The molecule has 1 rings (SSSR count). The summed E-state index contributed by atoms with van der Waals surface area (Å²) in [5, 5.41) is -0.241. The molecule has 1 aliphatic heterocycles. The molecule has 0 N–H and O–H groups in total. The van der Waals surface area contributed by atoms with Gasteiger partial charge in [0.05, 0.1) is 6.54 Å². The Bertz CT molecular complexity index is 136. The van der Waals surface area contributed by atoms with E-state index in [1.54, 1.807) is 0 Å². The van der Waals surface area contributed by atoms with Crippen LogP contribution in [0.2, 0.25) is 0 Å². The number of nitrogens with zero attached hydrogens (tertiary/aromatic N) is 1. The third-order valence-corrected chi connectivity index (χ3v) is 0.964. The van der Waals surface area contributed by atoms with Gasteiger partial charge in [0.15, 0.2) is 5.83 Å². The molecule has 0 aliphatic carbocycles. The van der Waals surface area contributed by atoms with Crippen LogP contribution < -0.4 is 0 Å². The molecule has 47 valence electrons. The largest absolute Gasteiger partial charge is 0.249 e. The van der Waals surface area contributed by atoms with Gasteiger partial charge in [-0.05, 0) is 0 Å². The van der Waals surface area contributed by atoms with Crippen LogP contribution in [0, 0.1) is 0 Å². The summed E-state index contributed by atoms with van der Waals surface area (Å²) >= 11 is 0. The molecular formula is C4H4F3KN. The molecule has 1 radical (unpaired) electrons. The maximum atomic E-state index is 11.8. The monoisotopic (exact) mass is 162 g/mol. The quantitative estimate of drug-likeness (QED) is 0.295. The number of halogens is 3. The zero-order valence-corrected chi connectivity index (χ0v) is 8.12. The van der Waals surface area contributed by atoms with Gasteiger partial charge in [0.25, 0.3) is 0 Å². The predicted molar refractivity (Wildman–Crippen MR) is 27.4 cm³/mol. The second-order valence-electron chi connectivity index (χ2n) is 1.53. The van der Waals surface area contributed by atoms with Gasteiger partial charge in [0.2, 0.25) is 5.95 Å². The van der Waals surface area contributed by atoms with Crippen molar-refractivity contribution in [3.8, 4) is 0 Å². The van der Waals surface area contributed by atoms with Gasteiger partial charge in [-0.15, -0.1) is 0 Å². The van der Waals surface area contributed by atoms with E-state index in [1.165, 1.54) is 0 Å². The van der Waals surface area contributed by atoms with Gasteiger partial charge in [-0.3, -0.25) is 0 Å². The first kappa shape index (κ1) is 9.97. The summed E-state index contributed by atoms with van der Waals surface area (Å²) in [6.07, 6.45) is -0.150. The average Bonchev–Trinajstić information content (AvgIpc) is 1.98. The van der Waals surface area contributed by atoms with E-state index in [2.05, 4.69) is 0 Å². The van der Waals surface area contributed by atoms with Crippen molar-refractivity contribution < 1.29 is 13.3 Å². The second-order valence-corrected chi connectivity index (χ2v) is 1.53. The van der Waals surface area contributed by atoms with E-state index in [0.717, 1.165) is 0 Å². The van der Waals surface area contributed by atoms with E-state index in [9.17, 15) is 13.3 Å². The molecule has 0 aromatic heterocycles. The van der Waals surface area contributed by atoms with Gasteiger partial charge in [-0.2, -0.15) is 9.51 Å². The van der Waals surface area contributed by atoms with Crippen molar-refractivity contribution in [2.75, 3.05) is 6.54 Å². The predicted octanol–water partition coefficient (Wildman–Crippen LogP) is 1.30. The standard InChI is InChI=1S/C4H4F3N.K/c5-3-1-2-8(7)4(3)6;/h1-2H2;. The summed E-state index contributed by atoms with van der Waals surface area (Å²) in [5.41, 5.74) is 0. The number of rotatable bonds is 0. The summed E-state index contributed by atoms with van der Waals surface area (Å²) in [6.45, 7) is -0.197. The van der Waals surface area contributed by atoms with Crippen LogP contribution in [-0.2, 0) is 0 Å². The van der Waals surface area contributed by atoms with Crippen LogP contribution in [-0.4, -0.2) is 63.1 Å². The van der Waals surface area contributed by atoms with Crippen molar-refractivity contribution in [3.05, 3.63) is 11.8 Å². The fourth-order valence-electron chi connectivity index (χ4n) is 0.529. The summed E-state index contributed by atoms with van der Waals surface area (Å²) in [5.74, 6) is -2.36. The van der Waals surface area contributed by atoms with Crippen LogP contribution in [0.5, 0.6) is 0 Å². The molecule has 0 spiro atoms. The first-order valence-corrected chi connectivity index (χ1v) is 2.19. The fraction of sp³-hybridized carbons (Fsp3) is 0.500.